The highest BCUT2D eigenvalue weighted by atomic mass is 35.5. The number of hydrogen-bond donors (Lipinski definition) is 0. The molecule has 2 heterocycles. The standard InChI is InChI=1S/C12H19ClN2O3S/c1-3-14-8-12(6-11(14)7-13)19(16,17)15-4-5-18-9-10(15)2/h6,8,10H,3-5,7,9H2,1-2H3. The molecule has 1 aliphatic heterocycles. The molecule has 0 radical (unpaired) electrons. The highest BCUT2D eigenvalue weighted by Gasteiger charge is 2.32. The van der Waals surface area contributed by atoms with Crippen molar-refractivity contribution in [2.75, 3.05) is 19.8 Å². The van der Waals surface area contributed by atoms with Gasteiger partial charge in [-0.1, -0.05) is 0 Å². The molecule has 0 aliphatic carbocycles. The first-order chi connectivity index (χ1) is 9.00. The fourth-order valence-corrected chi connectivity index (χ4v) is 4.17. The summed E-state index contributed by atoms with van der Waals surface area (Å²) in [6.07, 6.45) is 1.66. The summed E-state index contributed by atoms with van der Waals surface area (Å²) in [5.74, 6) is 0.308. The van der Waals surface area contributed by atoms with Crippen LogP contribution >= 0.6 is 11.6 Å². The lowest BCUT2D eigenvalue weighted by atomic mass is 10.3. The average Bonchev–Trinajstić information content (AvgIpc) is 2.83. The Morgan fingerprint density at radius 2 is 2.26 bits per heavy atom. The quantitative estimate of drug-likeness (QED) is 0.795. The Morgan fingerprint density at radius 1 is 1.53 bits per heavy atom. The number of ether oxygens (including phenoxy) is 1. The van der Waals surface area contributed by atoms with Crippen molar-refractivity contribution in [2.45, 2.75) is 37.2 Å². The number of morpholine rings is 1. The topological polar surface area (TPSA) is 51.5 Å². The van der Waals surface area contributed by atoms with Gasteiger partial charge >= 0.3 is 0 Å². The van der Waals surface area contributed by atoms with Crippen LogP contribution in [0.15, 0.2) is 17.2 Å². The summed E-state index contributed by atoms with van der Waals surface area (Å²) in [5.41, 5.74) is 0.823. The van der Waals surface area contributed by atoms with Gasteiger partial charge in [-0.05, 0) is 19.9 Å². The highest BCUT2D eigenvalue weighted by molar-refractivity contribution is 7.89. The number of halogens is 1. The second-order valence-corrected chi connectivity index (χ2v) is 6.78. The normalized spacial score (nSPS) is 21.7. The van der Waals surface area contributed by atoms with Gasteiger partial charge in [0.15, 0.2) is 0 Å². The number of aryl methyl sites for hydroxylation is 1. The van der Waals surface area contributed by atoms with E-state index in [1.807, 2.05) is 18.4 Å². The molecule has 0 saturated carbocycles. The molecular formula is C12H19ClN2O3S. The molecule has 0 spiro atoms. The van der Waals surface area contributed by atoms with Gasteiger partial charge in [0.1, 0.15) is 4.90 Å². The van der Waals surface area contributed by atoms with Crippen molar-refractivity contribution < 1.29 is 13.2 Å². The first kappa shape index (κ1) is 14.8. The second kappa shape index (κ2) is 5.83. The molecule has 0 bridgehead atoms. The molecule has 1 fully saturated rings. The Labute approximate surface area is 119 Å². The first-order valence-electron chi connectivity index (χ1n) is 6.35. The van der Waals surface area contributed by atoms with Crippen LogP contribution in [0.25, 0.3) is 0 Å². The van der Waals surface area contributed by atoms with Crippen LogP contribution in [0.1, 0.15) is 19.5 Å². The minimum absolute atomic E-state index is 0.136. The summed E-state index contributed by atoms with van der Waals surface area (Å²) >= 11 is 5.84. The molecule has 0 amide bonds. The van der Waals surface area contributed by atoms with Crippen molar-refractivity contribution in [2.24, 2.45) is 0 Å². The molecule has 1 aliphatic rings. The Hall–Kier alpha value is -0.560. The van der Waals surface area contributed by atoms with Gasteiger partial charge in [-0.3, -0.25) is 0 Å². The molecule has 1 unspecified atom stereocenters. The molecule has 1 saturated heterocycles. The zero-order valence-electron chi connectivity index (χ0n) is 11.2. The molecule has 0 aromatic carbocycles. The van der Waals surface area contributed by atoms with Crippen LogP contribution in [-0.2, 0) is 27.2 Å². The van der Waals surface area contributed by atoms with E-state index in [0.717, 1.165) is 5.69 Å². The van der Waals surface area contributed by atoms with Crippen molar-refractivity contribution in [3.8, 4) is 0 Å². The summed E-state index contributed by atoms with van der Waals surface area (Å²) in [6.45, 7) is 5.81. The van der Waals surface area contributed by atoms with E-state index in [-0.39, 0.29) is 6.04 Å². The molecule has 0 N–H and O–H groups in total. The van der Waals surface area contributed by atoms with Gasteiger partial charge in [0, 0.05) is 31.0 Å². The highest BCUT2D eigenvalue weighted by Crippen LogP contribution is 2.23. The van der Waals surface area contributed by atoms with E-state index in [1.54, 1.807) is 12.3 Å². The monoisotopic (exact) mass is 306 g/mol. The molecule has 19 heavy (non-hydrogen) atoms. The van der Waals surface area contributed by atoms with Crippen LogP contribution in [0, 0.1) is 0 Å². The van der Waals surface area contributed by atoms with Gasteiger partial charge in [0.25, 0.3) is 0 Å². The summed E-state index contributed by atoms with van der Waals surface area (Å²) < 4.78 is 33.9. The summed E-state index contributed by atoms with van der Waals surface area (Å²) in [4.78, 5) is 0.318. The van der Waals surface area contributed by atoms with Crippen LogP contribution in [0.3, 0.4) is 0 Å². The molecule has 108 valence electrons. The summed E-state index contributed by atoms with van der Waals surface area (Å²) in [6, 6.07) is 1.52. The van der Waals surface area contributed by atoms with Gasteiger partial charge in [-0.2, -0.15) is 4.31 Å². The van der Waals surface area contributed by atoms with Crippen LogP contribution < -0.4 is 0 Å². The third kappa shape index (κ3) is 2.81. The van der Waals surface area contributed by atoms with E-state index in [4.69, 9.17) is 16.3 Å². The number of hydrogen-bond acceptors (Lipinski definition) is 3. The van der Waals surface area contributed by atoms with Crippen molar-refractivity contribution in [3.05, 3.63) is 18.0 Å². The lowest BCUT2D eigenvalue weighted by molar-refractivity contribution is 0.0393. The lowest BCUT2D eigenvalue weighted by Gasteiger charge is -2.31. The first-order valence-corrected chi connectivity index (χ1v) is 8.32. The van der Waals surface area contributed by atoms with Crippen molar-refractivity contribution in [1.29, 1.82) is 0 Å². The predicted octanol–water partition coefficient (Wildman–Crippen LogP) is 1.66. The maximum atomic E-state index is 12.6. The van der Waals surface area contributed by atoms with Crippen LogP contribution in [0.5, 0.6) is 0 Å². The SMILES string of the molecule is CCn1cc(S(=O)(=O)N2CCOCC2C)cc1CCl. The lowest BCUT2D eigenvalue weighted by Crippen LogP contribution is -2.46. The number of aromatic nitrogens is 1. The molecule has 1 aromatic rings. The van der Waals surface area contributed by atoms with E-state index in [2.05, 4.69) is 0 Å². The van der Waals surface area contributed by atoms with Gasteiger partial charge in [-0.15, -0.1) is 11.6 Å². The minimum atomic E-state index is -3.46. The van der Waals surface area contributed by atoms with Crippen LogP contribution in [-0.4, -0.2) is 43.1 Å². The number of rotatable bonds is 4. The largest absolute Gasteiger partial charge is 0.378 e. The Morgan fingerprint density at radius 3 is 2.79 bits per heavy atom. The van der Waals surface area contributed by atoms with E-state index in [9.17, 15) is 8.42 Å². The molecule has 1 aromatic heterocycles. The van der Waals surface area contributed by atoms with Gasteiger partial charge in [-0.25, -0.2) is 8.42 Å². The van der Waals surface area contributed by atoms with Gasteiger partial charge in [0.2, 0.25) is 10.0 Å². The zero-order valence-corrected chi connectivity index (χ0v) is 12.7. The minimum Gasteiger partial charge on any atom is -0.378 e. The molecule has 1 atom stereocenters. The maximum absolute atomic E-state index is 12.6. The van der Waals surface area contributed by atoms with Crippen LogP contribution in [0.4, 0.5) is 0 Å². The number of alkyl halides is 1. The Bertz CT molecular complexity index is 520. The molecule has 7 heteroatoms. The predicted molar refractivity (Wildman–Crippen MR) is 73.8 cm³/mol. The number of nitrogens with zero attached hydrogens (tertiary/aromatic N) is 2. The maximum Gasteiger partial charge on any atom is 0.244 e. The Kier molecular flexibility index (Phi) is 4.55. The Balaban J connectivity index is 2.35. The second-order valence-electron chi connectivity index (χ2n) is 4.63. The molecule has 2 rings (SSSR count). The average molecular weight is 307 g/mol. The van der Waals surface area contributed by atoms with Crippen molar-refractivity contribution in [1.82, 2.24) is 8.87 Å². The summed E-state index contributed by atoms with van der Waals surface area (Å²) in [5, 5.41) is 0. The van der Waals surface area contributed by atoms with Crippen LogP contribution in [0.2, 0.25) is 0 Å². The summed E-state index contributed by atoms with van der Waals surface area (Å²) in [7, 11) is -3.46. The third-order valence-electron chi connectivity index (χ3n) is 3.35. The zero-order chi connectivity index (χ0) is 14.0. The van der Waals surface area contributed by atoms with Gasteiger partial charge in [0.05, 0.1) is 19.1 Å². The molecule has 5 nitrogen and oxygen atoms in total. The fourth-order valence-electron chi connectivity index (χ4n) is 2.28. The smallest absolute Gasteiger partial charge is 0.244 e. The third-order valence-corrected chi connectivity index (χ3v) is 5.60. The fraction of sp³-hybridized carbons (Fsp3) is 0.667. The van der Waals surface area contributed by atoms with E-state index >= 15 is 0 Å². The van der Waals surface area contributed by atoms with Crippen molar-refractivity contribution >= 4 is 21.6 Å². The van der Waals surface area contributed by atoms with Gasteiger partial charge < -0.3 is 9.30 Å². The van der Waals surface area contributed by atoms with E-state index in [0.29, 0.717) is 37.1 Å². The van der Waals surface area contributed by atoms with Crippen molar-refractivity contribution in [3.63, 3.8) is 0 Å². The molecular weight excluding hydrogens is 288 g/mol. The number of sulfonamides is 1. The van der Waals surface area contributed by atoms with E-state index in [1.165, 1.54) is 4.31 Å². The van der Waals surface area contributed by atoms with E-state index < -0.39 is 10.0 Å².